The van der Waals surface area contributed by atoms with Crippen molar-refractivity contribution in [3.8, 4) is 11.1 Å². The lowest BCUT2D eigenvalue weighted by Gasteiger charge is -2.41. The molecule has 0 saturated carbocycles. The molecule has 238 valence electrons. The molecule has 4 aromatic rings. The minimum absolute atomic E-state index is 0.0874. The molecule has 5 nitrogen and oxygen atoms in total. The van der Waals surface area contributed by atoms with Crippen LogP contribution in [0.2, 0.25) is 0 Å². The Balaban J connectivity index is 1.29. The summed E-state index contributed by atoms with van der Waals surface area (Å²) in [5.74, 6) is -1.02. The second-order valence-electron chi connectivity index (χ2n) is 11.6. The van der Waals surface area contributed by atoms with Crippen molar-refractivity contribution < 1.29 is 32.3 Å². The van der Waals surface area contributed by atoms with Gasteiger partial charge in [0.05, 0.1) is 18.1 Å². The monoisotopic (exact) mass is 627 g/mol. The van der Waals surface area contributed by atoms with E-state index in [1.54, 1.807) is 43.1 Å². The van der Waals surface area contributed by atoms with E-state index in [9.17, 15) is 27.6 Å². The smallest absolute Gasteiger partial charge is 0.416 e. The van der Waals surface area contributed by atoms with Crippen LogP contribution < -0.4 is 0 Å². The number of Topliss-reactive ketones (excluding diaryl/α,β-unsaturated/α-hetero) is 1. The van der Waals surface area contributed by atoms with Crippen LogP contribution in [0.4, 0.5) is 13.2 Å². The van der Waals surface area contributed by atoms with E-state index in [1.807, 2.05) is 54.6 Å². The summed E-state index contributed by atoms with van der Waals surface area (Å²) < 4.78 is 44.7. The Bertz CT molecular complexity index is 1700. The molecule has 0 spiro atoms. The molecule has 4 aromatic carbocycles. The molecule has 0 radical (unpaired) electrons. The number of halogens is 3. The van der Waals surface area contributed by atoms with Gasteiger partial charge in [-0.1, -0.05) is 91.0 Å². The Kier molecular flexibility index (Phi) is 9.75. The number of fused-ring (bicyclic) bond motifs is 1. The Morgan fingerprint density at radius 2 is 1.52 bits per heavy atom. The standard InChI is InChI=1S/C38H36F3NO4/c1-3-46-36(45)37(27-12-5-4-6-13-27)24-23-32(30-15-9-10-17-33(30)37)35(44)42(2)25-11-18-34(43)31-16-8-7-14-29(31)26-19-21-28(22-20-26)38(39,40)41/h4-10,12-17,19-22,32H,3,11,18,23-25H2,1-2H3/t32-,37-/m0/s1. The van der Waals surface area contributed by atoms with E-state index >= 15 is 0 Å². The summed E-state index contributed by atoms with van der Waals surface area (Å²) in [6.07, 6.45) is -3.00. The fraction of sp³-hybridized carbons (Fsp3) is 0.289. The van der Waals surface area contributed by atoms with Crippen molar-refractivity contribution in [2.75, 3.05) is 20.2 Å². The molecule has 46 heavy (non-hydrogen) atoms. The predicted molar refractivity (Wildman–Crippen MR) is 170 cm³/mol. The number of hydrogen-bond donors (Lipinski definition) is 0. The maximum absolute atomic E-state index is 13.8. The number of esters is 1. The molecule has 2 atom stereocenters. The van der Waals surface area contributed by atoms with E-state index in [1.165, 1.54) is 12.1 Å². The Morgan fingerprint density at radius 1 is 0.870 bits per heavy atom. The zero-order valence-electron chi connectivity index (χ0n) is 25.8. The van der Waals surface area contributed by atoms with Gasteiger partial charge in [0.15, 0.2) is 5.78 Å². The van der Waals surface area contributed by atoms with Crippen LogP contribution in [-0.4, -0.2) is 42.8 Å². The van der Waals surface area contributed by atoms with Gasteiger partial charge in [0.1, 0.15) is 5.41 Å². The van der Waals surface area contributed by atoms with Gasteiger partial charge in [-0.2, -0.15) is 13.2 Å². The molecule has 0 aromatic heterocycles. The van der Waals surface area contributed by atoms with Crippen molar-refractivity contribution >= 4 is 17.7 Å². The van der Waals surface area contributed by atoms with Crippen molar-refractivity contribution in [2.45, 2.75) is 50.1 Å². The molecule has 0 saturated heterocycles. The SMILES string of the molecule is CCOC(=O)[C@]1(c2ccccc2)CC[C@H](C(=O)N(C)CCCC(=O)c2ccccc2-c2ccc(C(F)(F)F)cc2)c2ccccc21. The van der Waals surface area contributed by atoms with Crippen LogP contribution in [0, 0.1) is 0 Å². The highest BCUT2D eigenvalue weighted by molar-refractivity contribution is 6.02. The summed E-state index contributed by atoms with van der Waals surface area (Å²) in [6.45, 7) is 2.37. The average molecular weight is 628 g/mol. The van der Waals surface area contributed by atoms with Gasteiger partial charge in [-0.05, 0) is 66.1 Å². The number of likely N-dealkylation sites (N-methyl/N-ethyl adjacent to an activating group) is 1. The van der Waals surface area contributed by atoms with Gasteiger partial charge >= 0.3 is 12.1 Å². The van der Waals surface area contributed by atoms with Crippen LogP contribution in [0.15, 0.2) is 103 Å². The second kappa shape index (κ2) is 13.7. The highest BCUT2D eigenvalue weighted by Gasteiger charge is 2.49. The minimum atomic E-state index is -4.44. The number of carbonyl (C=O) groups excluding carboxylic acids is 3. The van der Waals surface area contributed by atoms with Gasteiger partial charge in [0.2, 0.25) is 5.91 Å². The van der Waals surface area contributed by atoms with Crippen LogP contribution in [0.25, 0.3) is 11.1 Å². The van der Waals surface area contributed by atoms with Crippen molar-refractivity contribution in [1.82, 2.24) is 4.90 Å². The number of nitrogens with zero attached hydrogens (tertiary/aromatic N) is 1. The molecule has 8 heteroatoms. The van der Waals surface area contributed by atoms with Gasteiger partial charge in [0.25, 0.3) is 0 Å². The molecule has 0 fully saturated rings. The van der Waals surface area contributed by atoms with Crippen molar-refractivity contribution in [2.24, 2.45) is 0 Å². The summed E-state index contributed by atoms with van der Waals surface area (Å²) >= 11 is 0. The predicted octanol–water partition coefficient (Wildman–Crippen LogP) is 8.22. The van der Waals surface area contributed by atoms with Crippen LogP contribution in [0.3, 0.4) is 0 Å². The molecule has 5 rings (SSSR count). The third-order valence-corrected chi connectivity index (χ3v) is 8.82. The number of ether oxygens (including phenoxy) is 1. The summed E-state index contributed by atoms with van der Waals surface area (Å²) in [6, 6.07) is 28.7. The van der Waals surface area contributed by atoms with E-state index in [2.05, 4.69) is 0 Å². The fourth-order valence-corrected chi connectivity index (χ4v) is 6.51. The first-order valence-electron chi connectivity index (χ1n) is 15.4. The summed E-state index contributed by atoms with van der Waals surface area (Å²) in [5.41, 5.74) is 2.14. The summed E-state index contributed by atoms with van der Waals surface area (Å²) in [4.78, 5) is 42.3. The van der Waals surface area contributed by atoms with Gasteiger partial charge < -0.3 is 9.64 Å². The molecule has 0 bridgehead atoms. The lowest BCUT2D eigenvalue weighted by Crippen LogP contribution is -2.45. The maximum Gasteiger partial charge on any atom is 0.416 e. The second-order valence-corrected chi connectivity index (χ2v) is 11.6. The third-order valence-electron chi connectivity index (χ3n) is 8.82. The maximum atomic E-state index is 13.8. The van der Waals surface area contributed by atoms with Crippen molar-refractivity contribution in [1.29, 1.82) is 0 Å². The largest absolute Gasteiger partial charge is 0.465 e. The zero-order valence-corrected chi connectivity index (χ0v) is 25.8. The normalized spacial score (nSPS) is 17.5. The van der Waals surface area contributed by atoms with Crippen LogP contribution in [-0.2, 0) is 25.9 Å². The quantitative estimate of drug-likeness (QED) is 0.131. The van der Waals surface area contributed by atoms with E-state index < -0.39 is 23.1 Å². The summed E-state index contributed by atoms with van der Waals surface area (Å²) in [5, 5.41) is 0. The van der Waals surface area contributed by atoms with Crippen LogP contribution in [0.1, 0.15) is 71.1 Å². The molecule has 0 N–H and O–H groups in total. The van der Waals surface area contributed by atoms with Crippen molar-refractivity contribution in [3.05, 3.63) is 131 Å². The van der Waals surface area contributed by atoms with Crippen LogP contribution in [0.5, 0.6) is 0 Å². The number of benzene rings is 4. The molecule has 0 aliphatic heterocycles. The lowest BCUT2D eigenvalue weighted by atomic mass is 9.63. The average Bonchev–Trinajstić information content (AvgIpc) is 3.07. The van der Waals surface area contributed by atoms with Gasteiger partial charge in [0, 0.05) is 25.6 Å². The first-order chi connectivity index (χ1) is 22.1. The Labute approximate surface area is 267 Å². The Hall–Kier alpha value is -4.72. The molecule has 1 amide bonds. The van der Waals surface area contributed by atoms with Gasteiger partial charge in [-0.25, -0.2) is 0 Å². The van der Waals surface area contributed by atoms with E-state index in [-0.39, 0.29) is 30.7 Å². The molecule has 0 unspecified atom stereocenters. The number of hydrogen-bond acceptors (Lipinski definition) is 4. The molecular weight excluding hydrogens is 591 g/mol. The highest BCUT2D eigenvalue weighted by Crippen LogP contribution is 2.48. The number of carbonyl (C=O) groups is 3. The van der Waals surface area contributed by atoms with E-state index in [0.29, 0.717) is 42.5 Å². The Morgan fingerprint density at radius 3 is 2.22 bits per heavy atom. The number of ketones is 1. The molecule has 1 aliphatic rings. The number of amides is 1. The third kappa shape index (κ3) is 6.48. The van der Waals surface area contributed by atoms with Crippen molar-refractivity contribution in [3.63, 3.8) is 0 Å². The zero-order chi connectivity index (χ0) is 32.9. The van der Waals surface area contributed by atoms with Gasteiger partial charge in [-0.15, -0.1) is 0 Å². The van der Waals surface area contributed by atoms with E-state index in [4.69, 9.17) is 4.74 Å². The lowest BCUT2D eigenvalue weighted by molar-refractivity contribution is -0.149. The van der Waals surface area contributed by atoms with Crippen LogP contribution >= 0.6 is 0 Å². The number of alkyl halides is 3. The first-order valence-corrected chi connectivity index (χ1v) is 15.4. The topological polar surface area (TPSA) is 63.7 Å². The fourth-order valence-electron chi connectivity index (χ4n) is 6.51. The minimum Gasteiger partial charge on any atom is -0.465 e. The number of rotatable bonds is 10. The van der Waals surface area contributed by atoms with E-state index in [0.717, 1.165) is 28.8 Å². The molecule has 1 aliphatic carbocycles. The molecular formula is C38H36F3NO4. The highest BCUT2D eigenvalue weighted by atomic mass is 19.4. The summed E-state index contributed by atoms with van der Waals surface area (Å²) in [7, 11) is 1.72. The first kappa shape index (κ1) is 32.7. The molecule has 0 heterocycles. The van der Waals surface area contributed by atoms with Gasteiger partial charge in [-0.3, -0.25) is 14.4 Å².